The van der Waals surface area contributed by atoms with E-state index in [0.717, 1.165) is 23.6 Å². The minimum atomic E-state index is 0.563. The average Bonchev–Trinajstić information content (AvgIpc) is 2.40. The van der Waals surface area contributed by atoms with Crippen LogP contribution in [0.15, 0.2) is 30.3 Å². The highest BCUT2D eigenvalue weighted by molar-refractivity contribution is 6.32. The largest absolute Gasteiger partial charge is 0.495 e. The monoisotopic (exact) mass is 263 g/mol. The summed E-state index contributed by atoms with van der Waals surface area (Å²) >= 11 is 6.07. The summed E-state index contributed by atoms with van der Waals surface area (Å²) in [4.78, 5) is 0. The first-order chi connectivity index (χ1) is 8.74. The van der Waals surface area contributed by atoms with Gasteiger partial charge in [-0.3, -0.25) is 0 Å². The van der Waals surface area contributed by atoms with Crippen molar-refractivity contribution in [3.05, 3.63) is 35.4 Å². The number of ether oxygens (including phenoxy) is 1. The maximum absolute atomic E-state index is 6.07. The second kappa shape index (κ2) is 5.69. The molecular formula is C13H14ClN3O. The second-order valence-electron chi connectivity index (χ2n) is 3.68. The summed E-state index contributed by atoms with van der Waals surface area (Å²) in [7, 11) is 1.59. The number of benzene rings is 1. The summed E-state index contributed by atoms with van der Waals surface area (Å²) in [6.45, 7) is 2.83. The molecule has 2 rings (SSSR count). The highest BCUT2D eigenvalue weighted by atomic mass is 35.5. The summed E-state index contributed by atoms with van der Waals surface area (Å²) in [5, 5.41) is 11.9. The van der Waals surface area contributed by atoms with Gasteiger partial charge in [-0.15, -0.1) is 10.2 Å². The first kappa shape index (κ1) is 12.6. The minimum Gasteiger partial charge on any atom is -0.495 e. The van der Waals surface area contributed by atoms with Crippen LogP contribution in [0.2, 0.25) is 5.02 Å². The molecule has 0 saturated carbocycles. The van der Waals surface area contributed by atoms with Gasteiger partial charge in [-0.05, 0) is 37.3 Å². The molecule has 0 atom stereocenters. The summed E-state index contributed by atoms with van der Waals surface area (Å²) in [6, 6.07) is 9.34. The van der Waals surface area contributed by atoms with Gasteiger partial charge >= 0.3 is 0 Å². The van der Waals surface area contributed by atoms with Crippen LogP contribution in [0.25, 0.3) is 11.3 Å². The van der Waals surface area contributed by atoms with Crippen LogP contribution in [0, 0.1) is 0 Å². The van der Waals surface area contributed by atoms with Crippen LogP contribution in [0.1, 0.15) is 6.92 Å². The van der Waals surface area contributed by atoms with Crippen molar-refractivity contribution < 1.29 is 4.74 Å². The van der Waals surface area contributed by atoms with Crippen LogP contribution in [0.5, 0.6) is 5.75 Å². The normalized spacial score (nSPS) is 10.2. The zero-order valence-electron chi connectivity index (χ0n) is 10.3. The number of hydrogen-bond donors (Lipinski definition) is 1. The van der Waals surface area contributed by atoms with Crippen LogP contribution < -0.4 is 10.1 Å². The summed E-state index contributed by atoms with van der Waals surface area (Å²) < 4.78 is 5.11. The van der Waals surface area contributed by atoms with Crippen LogP contribution in [-0.4, -0.2) is 23.9 Å². The lowest BCUT2D eigenvalue weighted by Crippen LogP contribution is -2.00. The number of halogens is 1. The third-order valence-corrected chi connectivity index (χ3v) is 2.77. The molecule has 0 bridgehead atoms. The quantitative estimate of drug-likeness (QED) is 0.920. The summed E-state index contributed by atoms with van der Waals surface area (Å²) in [6.07, 6.45) is 0. The Morgan fingerprint density at radius 1 is 1.22 bits per heavy atom. The van der Waals surface area contributed by atoms with E-state index in [2.05, 4.69) is 15.5 Å². The molecule has 4 nitrogen and oxygen atoms in total. The summed E-state index contributed by atoms with van der Waals surface area (Å²) in [5.41, 5.74) is 1.69. The van der Waals surface area contributed by atoms with Crippen molar-refractivity contribution in [2.24, 2.45) is 0 Å². The van der Waals surface area contributed by atoms with E-state index in [0.29, 0.717) is 10.8 Å². The molecule has 0 aliphatic carbocycles. The SMILES string of the molecule is CCNc1ccc(-c2ccc(OC)c(Cl)c2)nn1. The van der Waals surface area contributed by atoms with Gasteiger partial charge in [0.05, 0.1) is 17.8 Å². The second-order valence-corrected chi connectivity index (χ2v) is 4.09. The predicted molar refractivity (Wildman–Crippen MR) is 73.2 cm³/mol. The Hall–Kier alpha value is -1.81. The fourth-order valence-electron chi connectivity index (χ4n) is 1.59. The highest BCUT2D eigenvalue weighted by Crippen LogP contribution is 2.29. The van der Waals surface area contributed by atoms with Crippen molar-refractivity contribution in [1.29, 1.82) is 0 Å². The molecule has 1 heterocycles. The minimum absolute atomic E-state index is 0.563. The standard InChI is InChI=1S/C13H14ClN3O/c1-3-15-13-7-5-11(16-17-13)9-4-6-12(18-2)10(14)8-9/h4-8H,3H2,1-2H3,(H,15,17). The van der Waals surface area contributed by atoms with Crippen molar-refractivity contribution >= 4 is 17.4 Å². The molecular weight excluding hydrogens is 250 g/mol. The van der Waals surface area contributed by atoms with Gasteiger partial charge in [-0.2, -0.15) is 0 Å². The van der Waals surface area contributed by atoms with Gasteiger partial charge in [-0.25, -0.2) is 0 Å². The molecule has 5 heteroatoms. The zero-order valence-corrected chi connectivity index (χ0v) is 11.0. The smallest absolute Gasteiger partial charge is 0.148 e. The average molecular weight is 264 g/mol. The molecule has 0 aliphatic rings. The Morgan fingerprint density at radius 2 is 2.06 bits per heavy atom. The van der Waals surface area contributed by atoms with E-state index in [9.17, 15) is 0 Å². The molecule has 1 aromatic heterocycles. The van der Waals surface area contributed by atoms with E-state index < -0.39 is 0 Å². The molecule has 0 aliphatic heterocycles. The van der Waals surface area contributed by atoms with Gasteiger partial charge in [0.1, 0.15) is 11.6 Å². The Bertz CT molecular complexity index is 528. The molecule has 0 saturated heterocycles. The van der Waals surface area contributed by atoms with Gasteiger partial charge in [0.15, 0.2) is 0 Å². The molecule has 1 N–H and O–H groups in total. The van der Waals surface area contributed by atoms with E-state index in [1.165, 1.54) is 0 Å². The molecule has 0 amide bonds. The van der Waals surface area contributed by atoms with E-state index in [1.807, 2.05) is 37.3 Å². The molecule has 0 fully saturated rings. The van der Waals surface area contributed by atoms with E-state index in [4.69, 9.17) is 16.3 Å². The van der Waals surface area contributed by atoms with Crippen LogP contribution in [0.3, 0.4) is 0 Å². The van der Waals surface area contributed by atoms with E-state index >= 15 is 0 Å². The summed E-state index contributed by atoms with van der Waals surface area (Å²) in [5.74, 6) is 1.42. The van der Waals surface area contributed by atoms with Gasteiger partial charge < -0.3 is 10.1 Å². The van der Waals surface area contributed by atoms with Crippen LogP contribution in [0.4, 0.5) is 5.82 Å². The zero-order chi connectivity index (χ0) is 13.0. The van der Waals surface area contributed by atoms with Crippen molar-refractivity contribution in [1.82, 2.24) is 10.2 Å². The van der Waals surface area contributed by atoms with Gasteiger partial charge in [-0.1, -0.05) is 11.6 Å². The topological polar surface area (TPSA) is 47.0 Å². The van der Waals surface area contributed by atoms with Crippen LogP contribution >= 0.6 is 11.6 Å². The van der Waals surface area contributed by atoms with Crippen molar-refractivity contribution in [3.63, 3.8) is 0 Å². The molecule has 0 unspecified atom stereocenters. The van der Waals surface area contributed by atoms with Gasteiger partial charge in [0, 0.05) is 12.1 Å². The number of nitrogens with one attached hydrogen (secondary N) is 1. The number of anilines is 1. The molecule has 94 valence electrons. The van der Waals surface area contributed by atoms with Crippen molar-refractivity contribution in [2.75, 3.05) is 19.0 Å². The number of aromatic nitrogens is 2. The van der Waals surface area contributed by atoms with E-state index in [1.54, 1.807) is 7.11 Å². The molecule has 0 radical (unpaired) electrons. The number of methoxy groups -OCH3 is 1. The molecule has 1 aromatic carbocycles. The Morgan fingerprint density at radius 3 is 2.61 bits per heavy atom. The fraction of sp³-hybridized carbons (Fsp3) is 0.231. The Labute approximate surface area is 111 Å². The lowest BCUT2D eigenvalue weighted by atomic mass is 10.1. The van der Waals surface area contributed by atoms with Crippen LogP contribution in [-0.2, 0) is 0 Å². The highest BCUT2D eigenvalue weighted by Gasteiger charge is 2.05. The Kier molecular flexibility index (Phi) is 3.99. The van der Waals surface area contributed by atoms with Gasteiger partial charge in [0.25, 0.3) is 0 Å². The van der Waals surface area contributed by atoms with Crippen molar-refractivity contribution in [3.8, 4) is 17.0 Å². The number of rotatable bonds is 4. The maximum Gasteiger partial charge on any atom is 0.148 e. The Balaban J connectivity index is 2.28. The number of hydrogen-bond acceptors (Lipinski definition) is 4. The molecule has 18 heavy (non-hydrogen) atoms. The third kappa shape index (κ3) is 2.71. The first-order valence-electron chi connectivity index (χ1n) is 5.66. The molecule has 2 aromatic rings. The molecule has 0 spiro atoms. The lowest BCUT2D eigenvalue weighted by Gasteiger charge is -2.06. The van der Waals surface area contributed by atoms with Crippen molar-refractivity contribution in [2.45, 2.75) is 6.92 Å². The fourth-order valence-corrected chi connectivity index (χ4v) is 1.85. The van der Waals surface area contributed by atoms with E-state index in [-0.39, 0.29) is 0 Å². The first-order valence-corrected chi connectivity index (χ1v) is 6.04. The lowest BCUT2D eigenvalue weighted by molar-refractivity contribution is 0.415. The third-order valence-electron chi connectivity index (χ3n) is 2.47. The maximum atomic E-state index is 6.07. The predicted octanol–water partition coefficient (Wildman–Crippen LogP) is 3.24. The number of nitrogens with zero attached hydrogens (tertiary/aromatic N) is 2. The van der Waals surface area contributed by atoms with Gasteiger partial charge in [0.2, 0.25) is 0 Å².